The normalized spacial score (nSPS) is 10.2. The number of rotatable bonds is 4. The molecule has 2 rings (SSSR count). The second kappa shape index (κ2) is 5.54. The van der Waals surface area contributed by atoms with Crippen LogP contribution in [0.2, 0.25) is 0 Å². The van der Waals surface area contributed by atoms with Crippen LogP contribution in [-0.2, 0) is 4.79 Å². The third kappa shape index (κ3) is 3.64. The van der Waals surface area contributed by atoms with Gasteiger partial charge in [-0.1, -0.05) is 17.7 Å². The van der Waals surface area contributed by atoms with Gasteiger partial charge >= 0.3 is 0 Å². The predicted molar refractivity (Wildman–Crippen MR) is 69.1 cm³/mol. The minimum Gasteiger partial charge on any atom is -0.323 e. The van der Waals surface area contributed by atoms with E-state index in [-0.39, 0.29) is 5.91 Å². The summed E-state index contributed by atoms with van der Waals surface area (Å²) in [6.07, 6.45) is 3.23. The zero-order valence-electron chi connectivity index (χ0n) is 9.43. The van der Waals surface area contributed by atoms with E-state index in [2.05, 4.69) is 15.5 Å². The number of carbonyl (C=O) groups is 1. The topological polar surface area (TPSA) is 57.8 Å². The minimum absolute atomic E-state index is 0.0306. The van der Waals surface area contributed by atoms with Crippen LogP contribution < -0.4 is 5.32 Å². The first-order valence-corrected chi connectivity index (χ1v) is 6.21. The van der Waals surface area contributed by atoms with Crippen LogP contribution in [-0.4, -0.2) is 21.9 Å². The van der Waals surface area contributed by atoms with Gasteiger partial charge in [0, 0.05) is 11.1 Å². The minimum atomic E-state index is -0.0306. The molecule has 0 saturated heterocycles. The molecule has 2 N–H and O–H groups in total. The molecule has 88 valence electrons. The SMILES string of the molecule is Cc1ccc(SCC(=O)Nc2cn[nH]c2)cc1. The number of hydrogen-bond donors (Lipinski definition) is 2. The van der Waals surface area contributed by atoms with Gasteiger partial charge in [-0.25, -0.2) is 0 Å². The number of hydrogen-bond acceptors (Lipinski definition) is 3. The fourth-order valence-corrected chi connectivity index (χ4v) is 2.00. The summed E-state index contributed by atoms with van der Waals surface area (Å²) in [4.78, 5) is 12.7. The average molecular weight is 247 g/mol. The molecule has 1 aromatic heterocycles. The maximum Gasteiger partial charge on any atom is 0.234 e. The van der Waals surface area contributed by atoms with Gasteiger partial charge in [0.1, 0.15) is 0 Å². The lowest BCUT2D eigenvalue weighted by Gasteiger charge is -2.02. The van der Waals surface area contributed by atoms with Crippen molar-refractivity contribution in [1.29, 1.82) is 0 Å². The molecular weight excluding hydrogens is 234 g/mol. The smallest absolute Gasteiger partial charge is 0.234 e. The quantitative estimate of drug-likeness (QED) is 0.816. The van der Waals surface area contributed by atoms with Gasteiger partial charge in [0.15, 0.2) is 0 Å². The van der Waals surface area contributed by atoms with Crippen LogP contribution in [0.25, 0.3) is 0 Å². The molecule has 0 unspecified atom stereocenters. The third-order valence-corrected chi connectivity index (χ3v) is 3.18. The van der Waals surface area contributed by atoms with Crippen LogP contribution in [0.3, 0.4) is 0 Å². The van der Waals surface area contributed by atoms with Crippen molar-refractivity contribution in [1.82, 2.24) is 10.2 Å². The van der Waals surface area contributed by atoms with Crippen molar-refractivity contribution in [2.24, 2.45) is 0 Å². The van der Waals surface area contributed by atoms with E-state index in [0.29, 0.717) is 11.4 Å². The van der Waals surface area contributed by atoms with E-state index >= 15 is 0 Å². The molecule has 0 atom stereocenters. The summed E-state index contributed by atoms with van der Waals surface area (Å²) in [6, 6.07) is 8.11. The molecule has 0 aliphatic rings. The van der Waals surface area contributed by atoms with Gasteiger partial charge in [0.25, 0.3) is 0 Å². The van der Waals surface area contributed by atoms with E-state index in [4.69, 9.17) is 0 Å². The molecule has 2 aromatic rings. The van der Waals surface area contributed by atoms with E-state index in [9.17, 15) is 4.79 Å². The largest absolute Gasteiger partial charge is 0.323 e. The number of anilines is 1. The van der Waals surface area contributed by atoms with E-state index in [1.165, 1.54) is 17.3 Å². The number of thioether (sulfide) groups is 1. The molecule has 4 nitrogen and oxygen atoms in total. The summed E-state index contributed by atoms with van der Waals surface area (Å²) < 4.78 is 0. The van der Waals surface area contributed by atoms with E-state index in [1.54, 1.807) is 12.4 Å². The third-order valence-electron chi connectivity index (χ3n) is 2.17. The van der Waals surface area contributed by atoms with Crippen molar-refractivity contribution in [3.8, 4) is 0 Å². The maximum atomic E-state index is 11.6. The zero-order valence-corrected chi connectivity index (χ0v) is 10.3. The molecule has 0 saturated carbocycles. The van der Waals surface area contributed by atoms with Crippen molar-refractivity contribution in [3.05, 3.63) is 42.2 Å². The summed E-state index contributed by atoms with van der Waals surface area (Å²) >= 11 is 1.52. The Morgan fingerprint density at radius 3 is 2.82 bits per heavy atom. The number of aromatic amines is 1. The number of amides is 1. The number of benzene rings is 1. The molecule has 0 aliphatic heterocycles. The molecule has 0 fully saturated rings. The zero-order chi connectivity index (χ0) is 12.1. The van der Waals surface area contributed by atoms with Crippen molar-refractivity contribution in [2.45, 2.75) is 11.8 Å². The Labute approximate surface area is 104 Å². The molecule has 0 bridgehead atoms. The molecule has 1 amide bonds. The summed E-state index contributed by atoms with van der Waals surface area (Å²) in [5.74, 6) is 0.366. The van der Waals surface area contributed by atoms with Gasteiger partial charge in [0.2, 0.25) is 5.91 Å². The lowest BCUT2D eigenvalue weighted by atomic mass is 10.2. The average Bonchev–Trinajstić information content (AvgIpc) is 2.81. The highest BCUT2D eigenvalue weighted by Gasteiger charge is 2.03. The Morgan fingerprint density at radius 1 is 1.41 bits per heavy atom. The van der Waals surface area contributed by atoms with Crippen LogP contribution in [0.4, 0.5) is 5.69 Å². The van der Waals surface area contributed by atoms with E-state index in [1.807, 2.05) is 31.2 Å². The van der Waals surface area contributed by atoms with Gasteiger partial charge in [-0.15, -0.1) is 11.8 Å². The molecular formula is C12H13N3OS. The fraction of sp³-hybridized carbons (Fsp3) is 0.167. The number of nitrogens with zero attached hydrogens (tertiary/aromatic N) is 1. The second-order valence-electron chi connectivity index (χ2n) is 3.64. The highest BCUT2D eigenvalue weighted by molar-refractivity contribution is 8.00. The Bertz CT molecular complexity index is 479. The van der Waals surface area contributed by atoms with Gasteiger partial charge < -0.3 is 5.32 Å². The van der Waals surface area contributed by atoms with Crippen molar-refractivity contribution in [2.75, 3.05) is 11.1 Å². The summed E-state index contributed by atoms with van der Waals surface area (Å²) in [6.45, 7) is 2.04. The van der Waals surface area contributed by atoms with Crippen LogP contribution >= 0.6 is 11.8 Å². The van der Waals surface area contributed by atoms with E-state index < -0.39 is 0 Å². The Balaban J connectivity index is 1.82. The molecule has 0 spiro atoms. The Morgan fingerprint density at radius 2 is 2.18 bits per heavy atom. The van der Waals surface area contributed by atoms with Crippen LogP contribution in [0.1, 0.15) is 5.56 Å². The summed E-state index contributed by atoms with van der Waals surface area (Å²) in [7, 11) is 0. The molecule has 1 heterocycles. The molecule has 17 heavy (non-hydrogen) atoms. The van der Waals surface area contributed by atoms with E-state index in [0.717, 1.165) is 4.90 Å². The van der Waals surface area contributed by atoms with Crippen LogP contribution in [0, 0.1) is 6.92 Å². The number of nitrogens with one attached hydrogen (secondary N) is 2. The van der Waals surface area contributed by atoms with Gasteiger partial charge in [-0.3, -0.25) is 9.89 Å². The van der Waals surface area contributed by atoms with Gasteiger partial charge in [0.05, 0.1) is 17.6 Å². The van der Waals surface area contributed by atoms with Gasteiger partial charge in [-0.05, 0) is 19.1 Å². The standard InChI is InChI=1S/C12H13N3OS/c1-9-2-4-11(5-3-9)17-8-12(16)15-10-6-13-14-7-10/h2-7H,8H2,1H3,(H,13,14)(H,15,16). The van der Waals surface area contributed by atoms with Crippen molar-refractivity contribution in [3.63, 3.8) is 0 Å². The monoisotopic (exact) mass is 247 g/mol. The first-order valence-electron chi connectivity index (χ1n) is 5.22. The first-order chi connectivity index (χ1) is 8.24. The van der Waals surface area contributed by atoms with Crippen molar-refractivity contribution >= 4 is 23.4 Å². The number of H-pyrrole nitrogens is 1. The summed E-state index contributed by atoms with van der Waals surface area (Å²) in [5.41, 5.74) is 1.91. The lowest BCUT2D eigenvalue weighted by molar-refractivity contribution is -0.113. The molecule has 5 heteroatoms. The number of aryl methyl sites for hydroxylation is 1. The number of aromatic nitrogens is 2. The van der Waals surface area contributed by atoms with Crippen molar-refractivity contribution < 1.29 is 4.79 Å². The molecule has 0 radical (unpaired) electrons. The predicted octanol–water partition coefficient (Wildman–Crippen LogP) is 2.45. The maximum absolute atomic E-state index is 11.6. The molecule has 0 aliphatic carbocycles. The second-order valence-corrected chi connectivity index (χ2v) is 4.69. The first kappa shape index (κ1) is 11.7. The van der Waals surface area contributed by atoms with Gasteiger partial charge in [-0.2, -0.15) is 5.10 Å². The Hall–Kier alpha value is -1.75. The number of carbonyl (C=O) groups excluding carboxylic acids is 1. The lowest BCUT2D eigenvalue weighted by Crippen LogP contribution is -2.13. The Kier molecular flexibility index (Phi) is 3.82. The highest BCUT2D eigenvalue weighted by atomic mass is 32.2. The highest BCUT2D eigenvalue weighted by Crippen LogP contribution is 2.18. The van der Waals surface area contributed by atoms with Crippen LogP contribution in [0.5, 0.6) is 0 Å². The van der Waals surface area contributed by atoms with Crippen LogP contribution in [0.15, 0.2) is 41.6 Å². The molecule has 1 aromatic carbocycles. The fourth-order valence-electron chi connectivity index (χ4n) is 1.30. The summed E-state index contributed by atoms with van der Waals surface area (Å²) in [5, 5.41) is 9.15.